The van der Waals surface area contributed by atoms with Crippen LogP contribution in [0.3, 0.4) is 0 Å². The van der Waals surface area contributed by atoms with Crippen molar-refractivity contribution in [2.45, 2.75) is 0 Å². The number of rotatable bonds is 3. The van der Waals surface area contributed by atoms with Gasteiger partial charge in [0, 0.05) is 17.0 Å². The van der Waals surface area contributed by atoms with Crippen molar-refractivity contribution >= 4 is 27.9 Å². The van der Waals surface area contributed by atoms with Crippen LogP contribution in [0.2, 0.25) is 0 Å². The molecule has 0 fully saturated rings. The number of ether oxygens (including phenoxy) is 1. The van der Waals surface area contributed by atoms with Gasteiger partial charge >= 0.3 is 0 Å². The van der Waals surface area contributed by atoms with Crippen LogP contribution in [0, 0.1) is 0 Å². The number of carbonyl (C=O) groups is 1. The zero-order valence-electron chi connectivity index (χ0n) is 10.4. The summed E-state index contributed by atoms with van der Waals surface area (Å²) >= 11 is 1.41. The van der Waals surface area contributed by atoms with Crippen LogP contribution < -0.4 is 4.74 Å². The lowest BCUT2D eigenvalue weighted by Gasteiger charge is -2.04. The number of hydrogen-bond acceptors (Lipinski definition) is 3. The third-order valence-corrected chi connectivity index (χ3v) is 3.98. The monoisotopic (exact) mass is 268 g/mol. The molecule has 0 aliphatic heterocycles. The van der Waals surface area contributed by atoms with Crippen molar-refractivity contribution in [2.75, 3.05) is 7.11 Å². The van der Waals surface area contributed by atoms with Gasteiger partial charge in [-0.05, 0) is 10.8 Å². The maximum absolute atomic E-state index is 12.5. The van der Waals surface area contributed by atoms with Crippen molar-refractivity contribution in [2.24, 2.45) is 0 Å². The molecule has 0 N–H and O–H groups in total. The topological polar surface area (TPSA) is 26.3 Å². The Balaban J connectivity index is 2.11. The molecule has 2 aromatic carbocycles. The zero-order valence-corrected chi connectivity index (χ0v) is 11.2. The highest BCUT2D eigenvalue weighted by atomic mass is 32.1. The molecule has 3 rings (SSSR count). The van der Waals surface area contributed by atoms with Gasteiger partial charge in [-0.15, -0.1) is 11.3 Å². The number of hydrogen-bond donors (Lipinski definition) is 0. The molecule has 1 aromatic heterocycles. The Kier molecular flexibility index (Phi) is 3.05. The number of carbonyl (C=O) groups excluding carboxylic acids is 1. The summed E-state index contributed by atoms with van der Waals surface area (Å²) in [5.41, 5.74) is 0.739. The Morgan fingerprint density at radius 1 is 1.11 bits per heavy atom. The van der Waals surface area contributed by atoms with E-state index in [1.54, 1.807) is 13.2 Å². The summed E-state index contributed by atoms with van der Waals surface area (Å²) in [6.45, 7) is 0. The average molecular weight is 268 g/mol. The number of fused-ring (bicyclic) bond motifs is 1. The number of methoxy groups -OCH3 is 1. The van der Waals surface area contributed by atoms with Crippen LogP contribution in [-0.2, 0) is 0 Å². The minimum atomic E-state index is 0.0464. The van der Waals surface area contributed by atoms with Crippen molar-refractivity contribution in [1.82, 2.24) is 0 Å². The van der Waals surface area contributed by atoms with Crippen molar-refractivity contribution in [3.63, 3.8) is 0 Å². The largest absolute Gasteiger partial charge is 0.496 e. The van der Waals surface area contributed by atoms with E-state index in [0.717, 1.165) is 22.1 Å². The van der Waals surface area contributed by atoms with Gasteiger partial charge in [0.2, 0.25) is 5.78 Å². The van der Waals surface area contributed by atoms with Gasteiger partial charge in [-0.2, -0.15) is 0 Å². The molecular formula is C16H12O2S. The van der Waals surface area contributed by atoms with Gasteiger partial charge in [-0.1, -0.05) is 42.5 Å². The molecule has 1 heterocycles. The van der Waals surface area contributed by atoms with E-state index in [1.165, 1.54) is 11.3 Å². The van der Waals surface area contributed by atoms with Gasteiger partial charge in [0.25, 0.3) is 0 Å². The Morgan fingerprint density at radius 3 is 2.68 bits per heavy atom. The lowest BCUT2D eigenvalue weighted by atomic mass is 10.0. The molecule has 0 atom stereocenters. The van der Waals surface area contributed by atoms with Crippen molar-refractivity contribution in [3.05, 3.63) is 64.4 Å². The molecule has 19 heavy (non-hydrogen) atoms. The second-order valence-electron chi connectivity index (χ2n) is 4.21. The van der Waals surface area contributed by atoms with E-state index in [9.17, 15) is 4.79 Å². The summed E-state index contributed by atoms with van der Waals surface area (Å²) in [6.07, 6.45) is 0. The number of ketones is 1. The summed E-state index contributed by atoms with van der Waals surface area (Å²) < 4.78 is 5.13. The van der Waals surface area contributed by atoms with Crippen LogP contribution in [0.15, 0.2) is 53.9 Å². The smallest absolute Gasteiger partial charge is 0.203 e. The molecule has 0 aliphatic carbocycles. The van der Waals surface area contributed by atoms with Crippen LogP contribution in [-0.4, -0.2) is 12.9 Å². The maximum Gasteiger partial charge on any atom is 0.203 e. The first-order valence-corrected chi connectivity index (χ1v) is 6.82. The molecule has 0 radical (unpaired) electrons. The third kappa shape index (κ3) is 2.13. The molecule has 0 saturated carbocycles. The minimum Gasteiger partial charge on any atom is -0.496 e. The average Bonchev–Trinajstić information content (AvgIpc) is 2.95. The highest BCUT2D eigenvalue weighted by Gasteiger charge is 2.14. The number of benzene rings is 2. The fourth-order valence-corrected chi connectivity index (χ4v) is 2.91. The van der Waals surface area contributed by atoms with Crippen LogP contribution in [0.5, 0.6) is 5.75 Å². The molecule has 0 spiro atoms. The quantitative estimate of drug-likeness (QED) is 0.667. The molecule has 2 nitrogen and oxygen atoms in total. The molecule has 0 unspecified atom stereocenters. The van der Waals surface area contributed by atoms with Gasteiger partial charge < -0.3 is 4.74 Å². The third-order valence-electron chi connectivity index (χ3n) is 3.07. The molecule has 94 valence electrons. The summed E-state index contributed by atoms with van der Waals surface area (Å²) in [6, 6.07) is 15.5. The molecule has 0 amide bonds. The lowest BCUT2D eigenvalue weighted by Crippen LogP contribution is -1.99. The lowest BCUT2D eigenvalue weighted by molar-refractivity contribution is 0.104. The summed E-state index contributed by atoms with van der Waals surface area (Å²) in [5, 5.41) is 3.91. The maximum atomic E-state index is 12.5. The molecule has 0 bridgehead atoms. The van der Waals surface area contributed by atoms with Crippen LogP contribution in [0.25, 0.3) is 10.8 Å². The standard InChI is InChI=1S/C16H12O2S/c1-18-12-9-15(19-10-12)16(17)14-8-4-6-11-5-2-3-7-13(11)14/h2-10H,1H3. The van der Waals surface area contributed by atoms with Crippen LogP contribution in [0.1, 0.15) is 15.2 Å². The fraction of sp³-hybridized carbons (Fsp3) is 0.0625. The van der Waals surface area contributed by atoms with Crippen molar-refractivity contribution in [3.8, 4) is 5.75 Å². The first-order valence-electron chi connectivity index (χ1n) is 5.94. The van der Waals surface area contributed by atoms with Gasteiger partial charge in [0.15, 0.2) is 0 Å². The first kappa shape index (κ1) is 11.9. The van der Waals surface area contributed by atoms with E-state index in [1.807, 2.05) is 47.8 Å². The summed E-state index contributed by atoms with van der Waals surface area (Å²) in [4.78, 5) is 13.2. The minimum absolute atomic E-state index is 0.0464. The predicted molar refractivity (Wildman–Crippen MR) is 78.3 cm³/mol. The Labute approximate surface area is 115 Å². The molecular weight excluding hydrogens is 256 g/mol. The van der Waals surface area contributed by atoms with E-state index in [2.05, 4.69) is 0 Å². The van der Waals surface area contributed by atoms with Gasteiger partial charge in [-0.25, -0.2) is 0 Å². The Hall–Kier alpha value is -2.13. The summed E-state index contributed by atoms with van der Waals surface area (Å²) in [7, 11) is 1.61. The molecule has 0 aliphatic rings. The van der Waals surface area contributed by atoms with Crippen LogP contribution >= 0.6 is 11.3 Å². The fourth-order valence-electron chi connectivity index (χ4n) is 2.10. The van der Waals surface area contributed by atoms with Gasteiger partial charge in [0.05, 0.1) is 12.0 Å². The Bertz CT molecular complexity index is 738. The first-order chi connectivity index (χ1) is 9.29. The van der Waals surface area contributed by atoms with Gasteiger partial charge in [0.1, 0.15) is 5.75 Å². The van der Waals surface area contributed by atoms with Gasteiger partial charge in [-0.3, -0.25) is 4.79 Å². The second kappa shape index (κ2) is 4.86. The van der Waals surface area contributed by atoms with E-state index < -0.39 is 0 Å². The van der Waals surface area contributed by atoms with Crippen molar-refractivity contribution < 1.29 is 9.53 Å². The van der Waals surface area contributed by atoms with E-state index in [-0.39, 0.29) is 5.78 Å². The van der Waals surface area contributed by atoms with E-state index in [4.69, 9.17) is 4.74 Å². The van der Waals surface area contributed by atoms with E-state index >= 15 is 0 Å². The van der Waals surface area contributed by atoms with E-state index in [0.29, 0.717) is 4.88 Å². The van der Waals surface area contributed by atoms with Crippen LogP contribution in [0.4, 0.5) is 0 Å². The second-order valence-corrected chi connectivity index (χ2v) is 5.12. The highest BCUT2D eigenvalue weighted by molar-refractivity contribution is 7.12. The number of thiophene rings is 1. The molecule has 3 heteroatoms. The normalized spacial score (nSPS) is 10.6. The highest BCUT2D eigenvalue weighted by Crippen LogP contribution is 2.27. The van der Waals surface area contributed by atoms with Crippen molar-refractivity contribution in [1.29, 1.82) is 0 Å². The Morgan fingerprint density at radius 2 is 1.89 bits per heavy atom. The molecule has 0 saturated heterocycles. The zero-order chi connectivity index (χ0) is 13.2. The SMILES string of the molecule is COc1csc(C(=O)c2cccc3ccccc23)c1. The predicted octanol–water partition coefficient (Wildman–Crippen LogP) is 4.14. The summed E-state index contributed by atoms with van der Waals surface area (Å²) in [5.74, 6) is 0.777. The molecule has 3 aromatic rings.